The second kappa shape index (κ2) is 5.83. The van der Waals surface area contributed by atoms with Crippen LogP contribution in [0.15, 0.2) is 39.8 Å². The van der Waals surface area contributed by atoms with Crippen LogP contribution in [0.4, 0.5) is 0 Å². The van der Waals surface area contributed by atoms with Crippen LogP contribution in [0.3, 0.4) is 0 Å². The third-order valence-corrected chi connectivity index (χ3v) is 5.28. The Morgan fingerprint density at radius 2 is 2.00 bits per heavy atom. The van der Waals surface area contributed by atoms with Gasteiger partial charge in [-0.2, -0.15) is 4.31 Å². The topological polar surface area (TPSA) is 72.6 Å². The zero-order valence-corrected chi connectivity index (χ0v) is 13.3. The highest BCUT2D eigenvalue weighted by molar-refractivity contribution is 7.89. The Morgan fingerprint density at radius 3 is 2.64 bits per heavy atom. The number of hydrogen-bond acceptors (Lipinski definition) is 5. The number of rotatable bonds is 5. The zero-order chi connectivity index (χ0) is 15.7. The molecule has 6 nitrogen and oxygen atoms in total. The molecular weight excluding hydrogens is 304 g/mol. The summed E-state index contributed by atoms with van der Waals surface area (Å²) in [6.45, 7) is 4.83. The van der Waals surface area contributed by atoms with Crippen molar-refractivity contribution in [3.63, 3.8) is 0 Å². The Morgan fingerprint density at radius 1 is 1.32 bits per heavy atom. The van der Waals surface area contributed by atoms with Crippen LogP contribution in [0.5, 0.6) is 0 Å². The molecule has 0 amide bonds. The van der Waals surface area contributed by atoms with Gasteiger partial charge in [-0.3, -0.25) is 0 Å². The first-order chi connectivity index (χ1) is 10.5. The molecule has 1 fully saturated rings. The number of aryl methyl sites for hydroxylation is 1. The molecule has 1 aliphatic heterocycles. The molecule has 1 saturated heterocycles. The van der Waals surface area contributed by atoms with Crippen molar-refractivity contribution in [2.75, 3.05) is 19.7 Å². The lowest BCUT2D eigenvalue weighted by molar-refractivity contribution is -0.0136. The van der Waals surface area contributed by atoms with Crippen LogP contribution in [-0.2, 0) is 14.8 Å². The lowest BCUT2D eigenvalue weighted by Crippen LogP contribution is -2.54. The molecule has 0 bridgehead atoms. The van der Waals surface area contributed by atoms with Gasteiger partial charge in [0.2, 0.25) is 5.03 Å². The van der Waals surface area contributed by atoms with E-state index in [4.69, 9.17) is 9.15 Å². The second-order valence-electron chi connectivity index (χ2n) is 5.13. The van der Waals surface area contributed by atoms with E-state index in [0.29, 0.717) is 31.2 Å². The predicted octanol–water partition coefficient (Wildman–Crippen LogP) is 2.06. The van der Waals surface area contributed by atoms with Crippen molar-refractivity contribution < 1.29 is 17.6 Å². The summed E-state index contributed by atoms with van der Waals surface area (Å²) in [5.74, 6) is 0.622. The normalized spacial score (nSPS) is 16.6. The van der Waals surface area contributed by atoms with Crippen molar-refractivity contribution in [3.8, 4) is 11.3 Å². The number of hydrogen-bond donors (Lipinski definition) is 0. The van der Waals surface area contributed by atoms with Gasteiger partial charge in [0.1, 0.15) is 0 Å². The van der Waals surface area contributed by atoms with E-state index in [-0.39, 0.29) is 16.9 Å². The number of benzene rings is 1. The molecule has 2 heterocycles. The maximum Gasteiger partial charge on any atom is 0.264 e. The van der Waals surface area contributed by atoms with Crippen LogP contribution < -0.4 is 0 Å². The fourth-order valence-electron chi connectivity index (χ4n) is 2.42. The third-order valence-electron chi connectivity index (χ3n) is 3.54. The average molecular weight is 322 g/mol. The van der Waals surface area contributed by atoms with Crippen molar-refractivity contribution in [2.24, 2.45) is 0 Å². The highest BCUT2D eigenvalue weighted by atomic mass is 32.2. The van der Waals surface area contributed by atoms with Crippen LogP contribution in [0.1, 0.15) is 12.8 Å². The molecule has 0 atom stereocenters. The quantitative estimate of drug-likeness (QED) is 0.842. The van der Waals surface area contributed by atoms with Crippen LogP contribution in [0.2, 0.25) is 0 Å². The van der Waals surface area contributed by atoms with Gasteiger partial charge in [0.05, 0.1) is 6.10 Å². The van der Waals surface area contributed by atoms with Crippen molar-refractivity contribution in [2.45, 2.75) is 25.0 Å². The molecule has 1 aliphatic rings. The largest absolute Gasteiger partial charge is 0.440 e. The van der Waals surface area contributed by atoms with Crippen LogP contribution in [0.25, 0.3) is 11.3 Å². The molecule has 0 saturated carbocycles. The van der Waals surface area contributed by atoms with E-state index >= 15 is 0 Å². The maximum atomic E-state index is 12.7. The molecule has 0 unspecified atom stereocenters. The highest BCUT2D eigenvalue weighted by Crippen LogP contribution is 2.32. The Bertz CT molecular complexity index is 749. The van der Waals surface area contributed by atoms with Gasteiger partial charge in [0.15, 0.2) is 11.7 Å². The third kappa shape index (κ3) is 2.67. The van der Waals surface area contributed by atoms with Gasteiger partial charge in [0.25, 0.3) is 10.0 Å². The van der Waals surface area contributed by atoms with Gasteiger partial charge in [0, 0.05) is 32.2 Å². The van der Waals surface area contributed by atoms with Gasteiger partial charge in [-0.25, -0.2) is 13.4 Å². The van der Waals surface area contributed by atoms with Crippen molar-refractivity contribution in [1.82, 2.24) is 9.29 Å². The Balaban J connectivity index is 1.92. The van der Waals surface area contributed by atoms with Gasteiger partial charge >= 0.3 is 0 Å². The summed E-state index contributed by atoms with van der Waals surface area (Å²) in [4.78, 5) is 4.10. The van der Waals surface area contributed by atoms with Crippen molar-refractivity contribution in [1.29, 1.82) is 0 Å². The standard InChI is InChI=1S/C15H18N2O4S/c1-3-20-13-9-17(10-13)22(18,19)15-14(21-11(2)16-15)12-7-5-4-6-8-12/h4-8,13H,3,9-10H2,1-2H3. The van der Waals surface area contributed by atoms with E-state index < -0.39 is 10.0 Å². The number of sulfonamides is 1. The summed E-state index contributed by atoms with van der Waals surface area (Å²) in [6, 6.07) is 9.13. The minimum absolute atomic E-state index is 0.0221. The smallest absolute Gasteiger partial charge is 0.264 e. The first-order valence-electron chi connectivity index (χ1n) is 7.17. The summed E-state index contributed by atoms with van der Waals surface area (Å²) < 4.78 is 37.8. The SMILES string of the molecule is CCOC1CN(S(=O)(=O)c2nc(C)oc2-c2ccccc2)C1. The molecule has 22 heavy (non-hydrogen) atoms. The minimum Gasteiger partial charge on any atom is -0.440 e. The van der Waals surface area contributed by atoms with E-state index in [1.54, 1.807) is 19.1 Å². The molecule has 0 radical (unpaired) electrons. The Hall–Kier alpha value is -1.70. The number of aromatic nitrogens is 1. The average Bonchev–Trinajstić information content (AvgIpc) is 2.86. The molecule has 0 N–H and O–H groups in total. The molecule has 118 valence electrons. The molecule has 1 aromatic heterocycles. The lowest BCUT2D eigenvalue weighted by atomic mass is 10.2. The molecule has 0 spiro atoms. The Kier molecular flexibility index (Phi) is 4.03. The molecule has 2 aromatic rings. The summed E-state index contributed by atoms with van der Waals surface area (Å²) in [6.07, 6.45) is -0.0343. The van der Waals surface area contributed by atoms with Gasteiger partial charge in [-0.05, 0) is 6.92 Å². The summed E-state index contributed by atoms with van der Waals surface area (Å²) in [7, 11) is -3.66. The second-order valence-corrected chi connectivity index (χ2v) is 6.99. The minimum atomic E-state index is -3.66. The number of oxazole rings is 1. The van der Waals surface area contributed by atoms with Gasteiger partial charge in [-0.1, -0.05) is 30.3 Å². The monoisotopic (exact) mass is 322 g/mol. The zero-order valence-electron chi connectivity index (χ0n) is 12.5. The summed E-state index contributed by atoms with van der Waals surface area (Å²) in [5.41, 5.74) is 0.698. The van der Waals surface area contributed by atoms with Gasteiger partial charge < -0.3 is 9.15 Å². The molecule has 0 aliphatic carbocycles. The van der Waals surface area contributed by atoms with Gasteiger partial charge in [-0.15, -0.1) is 0 Å². The highest BCUT2D eigenvalue weighted by Gasteiger charge is 2.40. The molecular formula is C15H18N2O4S. The molecule has 1 aromatic carbocycles. The fraction of sp³-hybridized carbons (Fsp3) is 0.400. The van der Waals surface area contributed by atoms with E-state index in [9.17, 15) is 8.42 Å². The van der Waals surface area contributed by atoms with Crippen LogP contribution >= 0.6 is 0 Å². The first kappa shape index (κ1) is 15.2. The fourth-order valence-corrected chi connectivity index (χ4v) is 4.02. The van der Waals surface area contributed by atoms with Crippen molar-refractivity contribution >= 4 is 10.0 Å². The number of ether oxygens (including phenoxy) is 1. The number of nitrogens with zero attached hydrogens (tertiary/aromatic N) is 2. The van der Waals surface area contributed by atoms with E-state index in [1.807, 2.05) is 25.1 Å². The summed E-state index contributed by atoms with van der Waals surface area (Å²) in [5, 5.41) is -0.0221. The van der Waals surface area contributed by atoms with Crippen LogP contribution in [-0.4, -0.2) is 43.5 Å². The molecule has 3 rings (SSSR count). The van der Waals surface area contributed by atoms with E-state index in [1.165, 1.54) is 4.31 Å². The van der Waals surface area contributed by atoms with Crippen LogP contribution in [0, 0.1) is 6.92 Å². The lowest BCUT2D eigenvalue weighted by Gasteiger charge is -2.36. The molecule has 7 heteroatoms. The van der Waals surface area contributed by atoms with Crippen molar-refractivity contribution in [3.05, 3.63) is 36.2 Å². The summed E-state index contributed by atoms with van der Waals surface area (Å²) >= 11 is 0. The Labute approximate surface area is 129 Å². The first-order valence-corrected chi connectivity index (χ1v) is 8.61. The van der Waals surface area contributed by atoms with E-state index in [0.717, 1.165) is 0 Å². The van der Waals surface area contributed by atoms with E-state index in [2.05, 4.69) is 4.98 Å². The predicted molar refractivity (Wildman–Crippen MR) is 80.8 cm³/mol. The maximum absolute atomic E-state index is 12.7.